The lowest BCUT2D eigenvalue weighted by atomic mass is 9.99. The first-order valence-corrected chi connectivity index (χ1v) is 6.62. The SMILES string of the molecule is O=C(CCl)OC1CCCCCCCCC1. The molecule has 0 unspecified atom stereocenters. The number of alkyl halides is 1. The van der Waals surface area contributed by atoms with Crippen LogP contribution >= 0.6 is 11.6 Å². The zero-order chi connectivity index (χ0) is 10.9. The summed E-state index contributed by atoms with van der Waals surface area (Å²) in [5, 5.41) is 0. The fraction of sp³-hybridized carbons (Fsp3) is 0.917. The van der Waals surface area contributed by atoms with Gasteiger partial charge in [0.2, 0.25) is 0 Å². The fourth-order valence-corrected chi connectivity index (χ4v) is 2.17. The second kappa shape index (κ2) is 7.98. The second-order valence-corrected chi connectivity index (χ2v) is 4.56. The van der Waals surface area contributed by atoms with E-state index < -0.39 is 0 Å². The minimum Gasteiger partial charge on any atom is -0.461 e. The first-order valence-electron chi connectivity index (χ1n) is 6.08. The lowest BCUT2D eigenvalue weighted by Crippen LogP contribution is -2.19. The van der Waals surface area contributed by atoms with Crippen molar-refractivity contribution in [3.63, 3.8) is 0 Å². The van der Waals surface area contributed by atoms with Crippen molar-refractivity contribution in [3.05, 3.63) is 0 Å². The highest BCUT2D eigenvalue weighted by molar-refractivity contribution is 6.26. The smallest absolute Gasteiger partial charge is 0.321 e. The molecular weight excluding hydrogens is 212 g/mol. The Morgan fingerprint density at radius 3 is 1.93 bits per heavy atom. The van der Waals surface area contributed by atoms with Crippen molar-refractivity contribution in [1.29, 1.82) is 0 Å². The van der Waals surface area contributed by atoms with Gasteiger partial charge in [0, 0.05) is 0 Å². The third-order valence-corrected chi connectivity index (χ3v) is 3.18. The summed E-state index contributed by atoms with van der Waals surface area (Å²) >= 11 is 5.43. The summed E-state index contributed by atoms with van der Waals surface area (Å²) in [7, 11) is 0. The van der Waals surface area contributed by atoms with Gasteiger partial charge < -0.3 is 4.74 Å². The number of carbonyl (C=O) groups excluding carboxylic acids is 1. The van der Waals surface area contributed by atoms with Crippen molar-refractivity contribution >= 4 is 17.6 Å². The molecule has 0 aromatic carbocycles. The average molecular weight is 233 g/mol. The van der Waals surface area contributed by atoms with Gasteiger partial charge in [0.25, 0.3) is 0 Å². The minimum absolute atomic E-state index is 0.0174. The fourth-order valence-electron chi connectivity index (χ4n) is 2.11. The number of ether oxygens (including phenoxy) is 1. The number of hydrogen-bond donors (Lipinski definition) is 0. The molecule has 0 amide bonds. The normalized spacial score (nSPS) is 20.9. The van der Waals surface area contributed by atoms with E-state index in [0.29, 0.717) is 0 Å². The van der Waals surface area contributed by atoms with Crippen LogP contribution in [0.1, 0.15) is 57.8 Å². The monoisotopic (exact) mass is 232 g/mol. The molecule has 1 aliphatic rings. The highest BCUT2D eigenvalue weighted by Gasteiger charge is 2.14. The van der Waals surface area contributed by atoms with E-state index in [0.717, 1.165) is 12.8 Å². The Balaban J connectivity index is 2.28. The molecule has 1 rings (SSSR count). The van der Waals surface area contributed by atoms with Gasteiger partial charge in [-0.05, 0) is 25.7 Å². The number of carbonyl (C=O) groups is 1. The Bertz CT molecular complexity index is 172. The lowest BCUT2D eigenvalue weighted by molar-refractivity contribution is -0.146. The van der Waals surface area contributed by atoms with Gasteiger partial charge >= 0.3 is 5.97 Å². The van der Waals surface area contributed by atoms with Gasteiger partial charge in [-0.25, -0.2) is 0 Å². The van der Waals surface area contributed by atoms with E-state index in [1.807, 2.05) is 0 Å². The van der Waals surface area contributed by atoms with E-state index >= 15 is 0 Å². The van der Waals surface area contributed by atoms with Gasteiger partial charge in [0.05, 0.1) is 0 Å². The van der Waals surface area contributed by atoms with Crippen LogP contribution in [0.5, 0.6) is 0 Å². The van der Waals surface area contributed by atoms with Crippen molar-refractivity contribution in [2.75, 3.05) is 5.88 Å². The van der Waals surface area contributed by atoms with Crippen molar-refractivity contribution in [1.82, 2.24) is 0 Å². The van der Waals surface area contributed by atoms with Crippen molar-refractivity contribution in [2.24, 2.45) is 0 Å². The maximum absolute atomic E-state index is 11.1. The van der Waals surface area contributed by atoms with Gasteiger partial charge in [-0.1, -0.05) is 32.1 Å². The molecule has 0 spiro atoms. The van der Waals surface area contributed by atoms with Gasteiger partial charge in [-0.15, -0.1) is 11.6 Å². The Hall–Kier alpha value is -0.240. The molecule has 1 fully saturated rings. The van der Waals surface area contributed by atoms with E-state index in [4.69, 9.17) is 16.3 Å². The average Bonchev–Trinajstić information content (AvgIpc) is 2.27. The topological polar surface area (TPSA) is 26.3 Å². The highest BCUT2D eigenvalue weighted by atomic mass is 35.5. The highest BCUT2D eigenvalue weighted by Crippen LogP contribution is 2.19. The molecule has 0 aromatic heterocycles. The van der Waals surface area contributed by atoms with Crippen LogP contribution in [0.4, 0.5) is 0 Å². The predicted octanol–water partition coefficient (Wildman–Crippen LogP) is 3.66. The molecule has 0 aromatic rings. The maximum atomic E-state index is 11.1. The number of rotatable bonds is 2. The third kappa shape index (κ3) is 6.03. The van der Waals surface area contributed by atoms with Crippen LogP contribution in [-0.4, -0.2) is 18.0 Å². The van der Waals surface area contributed by atoms with E-state index in [2.05, 4.69) is 0 Å². The summed E-state index contributed by atoms with van der Waals surface area (Å²) in [6, 6.07) is 0. The molecule has 0 bridgehead atoms. The molecule has 2 nitrogen and oxygen atoms in total. The molecular formula is C12H21ClO2. The van der Waals surface area contributed by atoms with Crippen molar-refractivity contribution in [2.45, 2.75) is 63.9 Å². The zero-order valence-electron chi connectivity index (χ0n) is 9.34. The van der Waals surface area contributed by atoms with Crippen LogP contribution in [0.3, 0.4) is 0 Å². The molecule has 0 N–H and O–H groups in total. The maximum Gasteiger partial charge on any atom is 0.321 e. The molecule has 88 valence electrons. The molecule has 0 atom stereocenters. The second-order valence-electron chi connectivity index (χ2n) is 4.30. The number of halogens is 1. The quantitative estimate of drug-likeness (QED) is 0.537. The summed E-state index contributed by atoms with van der Waals surface area (Å²) in [5.41, 5.74) is 0. The van der Waals surface area contributed by atoms with E-state index in [1.54, 1.807) is 0 Å². The number of esters is 1. The number of hydrogen-bond acceptors (Lipinski definition) is 2. The van der Waals surface area contributed by atoms with Crippen LogP contribution in [0, 0.1) is 0 Å². The molecule has 1 aliphatic carbocycles. The molecule has 0 heterocycles. The van der Waals surface area contributed by atoms with Gasteiger partial charge in [-0.2, -0.15) is 0 Å². The third-order valence-electron chi connectivity index (χ3n) is 2.96. The standard InChI is InChI=1S/C12H21ClO2/c13-10-12(14)15-11-8-6-4-2-1-3-5-7-9-11/h11H,1-10H2. The van der Waals surface area contributed by atoms with Crippen molar-refractivity contribution < 1.29 is 9.53 Å². The summed E-state index contributed by atoms with van der Waals surface area (Å²) in [5.74, 6) is -0.282. The summed E-state index contributed by atoms with van der Waals surface area (Å²) < 4.78 is 5.30. The van der Waals surface area contributed by atoms with E-state index in [9.17, 15) is 4.79 Å². The first kappa shape index (κ1) is 12.8. The molecule has 0 radical (unpaired) electrons. The Morgan fingerprint density at radius 1 is 1.00 bits per heavy atom. The minimum atomic E-state index is -0.265. The summed E-state index contributed by atoms with van der Waals surface area (Å²) in [6.07, 6.45) is 11.1. The zero-order valence-corrected chi connectivity index (χ0v) is 10.1. The van der Waals surface area contributed by atoms with Gasteiger partial charge in [0.15, 0.2) is 0 Å². The molecule has 0 aliphatic heterocycles. The van der Waals surface area contributed by atoms with Crippen LogP contribution in [0.2, 0.25) is 0 Å². The lowest BCUT2D eigenvalue weighted by Gasteiger charge is -2.18. The summed E-state index contributed by atoms with van der Waals surface area (Å²) in [6.45, 7) is 0. The molecule has 15 heavy (non-hydrogen) atoms. The van der Waals surface area contributed by atoms with Crippen LogP contribution in [0.15, 0.2) is 0 Å². The molecule has 1 saturated carbocycles. The first-order chi connectivity index (χ1) is 7.33. The van der Waals surface area contributed by atoms with E-state index in [-0.39, 0.29) is 18.0 Å². The van der Waals surface area contributed by atoms with Crippen molar-refractivity contribution in [3.8, 4) is 0 Å². The predicted molar refractivity (Wildman–Crippen MR) is 62.2 cm³/mol. The van der Waals surface area contributed by atoms with Gasteiger partial charge in [-0.3, -0.25) is 4.79 Å². The molecule has 0 saturated heterocycles. The van der Waals surface area contributed by atoms with Crippen LogP contribution in [0.25, 0.3) is 0 Å². The summed E-state index contributed by atoms with van der Waals surface area (Å²) in [4.78, 5) is 11.1. The van der Waals surface area contributed by atoms with E-state index in [1.165, 1.54) is 44.9 Å². The Kier molecular flexibility index (Phi) is 6.82. The van der Waals surface area contributed by atoms with Crippen LogP contribution < -0.4 is 0 Å². The largest absolute Gasteiger partial charge is 0.461 e. The Morgan fingerprint density at radius 2 is 1.47 bits per heavy atom. The molecule has 3 heteroatoms. The van der Waals surface area contributed by atoms with Crippen LogP contribution in [-0.2, 0) is 9.53 Å². The van der Waals surface area contributed by atoms with Gasteiger partial charge in [0.1, 0.15) is 12.0 Å². The Labute approximate surface area is 97.3 Å².